The lowest BCUT2D eigenvalue weighted by molar-refractivity contribution is 1.28. The Kier molecular flexibility index (Phi) is 15.5. The van der Waals surface area contributed by atoms with Gasteiger partial charge in [0.25, 0.3) is 0 Å². The van der Waals surface area contributed by atoms with E-state index in [9.17, 15) is 0 Å². The van der Waals surface area contributed by atoms with Crippen LogP contribution in [-0.2, 0) is 0 Å². The van der Waals surface area contributed by atoms with Crippen molar-refractivity contribution in [3.8, 4) is 44.5 Å². The van der Waals surface area contributed by atoms with Crippen LogP contribution >= 0.6 is 0 Å². The van der Waals surface area contributed by atoms with E-state index in [-0.39, 0.29) is 0 Å². The Morgan fingerprint density at radius 3 is 0.592 bits per heavy atom. The van der Waals surface area contributed by atoms with Crippen molar-refractivity contribution in [2.75, 3.05) is 19.6 Å². The van der Waals surface area contributed by atoms with Crippen LogP contribution in [0.25, 0.3) is 88.4 Å². The maximum absolute atomic E-state index is 5.97. The third-order valence-electron chi connectivity index (χ3n) is 18.2. The molecule has 462 valence electrons. The van der Waals surface area contributed by atoms with Crippen LogP contribution in [0.1, 0.15) is 0 Å². The second-order valence-corrected chi connectivity index (χ2v) is 24.2. The summed E-state index contributed by atoms with van der Waals surface area (Å²) in [5.74, 6) is 0. The summed E-state index contributed by atoms with van der Waals surface area (Å²) in [6.45, 7) is 0. The number of hydrogen-bond acceptors (Lipinski definition) is 8. The second kappa shape index (κ2) is 25.9. The minimum absolute atomic E-state index is 0.729. The summed E-state index contributed by atoms with van der Waals surface area (Å²) in [7, 11) is 0. The molecule has 0 aliphatic heterocycles. The molecule has 14 aromatic carbocycles. The van der Waals surface area contributed by atoms with E-state index in [1.807, 2.05) is 12.4 Å². The molecular weight excluding hydrogens is 1190 g/mol. The SMILES string of the molecule is c1ccc(N(c2ccccc2)c2ccc(-c3cnc4c(c3)c3nc5c(-c6ccc(N(c7ccccc7)c7ccccc7)cc6)ccc(-c6ccc(N(c7ccccc7)c7ccccc7)cc6)c5nc3c3cc(-c5ccc(N(c6ccccc6)c6ccccc6)cc5)cnc34)cc2)cc1. The Morgan fingerprint density at radius 2 is 0.367 bits per heavy atom. The molecule has 0 fully saturated rings. The van der Waals surface area contributed by atoms with Gasteiger partial charge in [-0.2, -0.15) is 0 Å². The zero-order chi connectivity index (χ0) is 65.1. The number of anilines is 12. The number of hydrogen-bond donors (Lipinski definition) is 0. The second-order valence-electron chi connectivity index (χ2n) is 24.2. The van der Waals surface area contributed by atoms with Gasteiger partial charge in [-0.3, -0.25) is 9.97 Å². The molecule has 0 N–H and O–H groups in total. The van der Waals surface area contributed by atoms with Gasteiger partial charge in [0.05, 0.1) is 33.1 Å². The van der Waals surface area contributed by atoms with E-state index >= 15 is 0 Å². The summed E-state index contributed by atoms with van der Waals surface area (Å²) in [5, 5.41) is 1.70. The minimum Gasteiger partial charge on any atom is -0.311 e. The molecule has 0 radical (unpaired) electrons. The molecule has 3 heterocycles. The molecule has 17 rings (SSSR count). The number of rotatable bonds is 16. The fraction of sp³-hybridized carbons (Fsp3) is 0. The molecule has 0 aliphatic rings. The molecule has 0 unspecified atom stereocenters. The number of benzene rings is 14. The van der Waals surface area contributed by atoms with E-state index < -0.39 is 0 Å². The van der Waals surface area contributed by atoms with E-state index in [0.717, 1.165) is 157 Å². The van der Waals surface area contributed by atoms with Crippen molar-refractivity contribution < 1.29 is 0 Å². The number of pyridine rings is 2. The fourth-order valence-electron chi connectivity index (χ4n) is 13.6. The van der Waals surface area contributed by atoms with Gasteiger partial charge in [-0.25, -0.2) is 9.97 Å². The predicted molar refractivity (Wildman–Crippen MR) is 408 cm³/mol. The van der Waals surface area contributed by atoms with Crippen LogP contribution < -0.4 is 19.6 Å². The number of para-hydroxylation sites is 8. The van der Waals surface area contributed by atoms with Crippen molar-refractivity contribution in [3.05, 3.63) is 376 Å². The number of fused-ring (bicyclic) bond motifs is 7. The van der Waals surface area contributed by atoms with Gasteiger partial charge in [-0.05, 0) is 180 Å². The van der Waals surface area contributed by atoms with Gasteiger partial charge in [0.1, 0.15) is 0 Å². The lowest BCUT2D eigenvalue weighted by Gasteiger charge is -2.25. The van der Waals surface area contributed by atoms with Crippen LogP contribution in [0.5, 0.6) is 0 Å². The van der Waals surface area contributed by atoms with Crippen LogP contribution in [0.4, 0.5) is 68.2 Å². The molecule has 8 heteroatoms. The van der Waals surface area contributed by atoms with Crippen molar-refractivity contribution in [2.45, 2.75) is 0 Å². The van der Waals surface area contributed by atoms with Crippen molar-refractivity contribution in [2.24, 2.45) is 0 Å². The molecule has 0 bridgehead atoms. The Labute approximate surface area is 569 Å². The Hall–Kier alpha value is -13.3. The molecule has 0 saturated heterocycles. The Bertz CT molecular complexity index is 5110. The molecule has 0 aliphatic carbocycles. The van der Waals surface area contributed by atoms with Crippen LogP contribution in [0, 0.1) is 0 Å². The first-order valence-corrected chi connectivity index (χ1v) is 33.0. The van der Waals surface area contributed by atoms with Gasteiger partial charge in [0.15, 0.2) is 0 Å². The van der Waals surface area contributed by atoms with Crippen molar-refractivity contribution in [1.29, 1.82) is 0 Å². The predicted octanol–water partition coefficient (Wildman–Crippen LogP) is 24.4. The highest BCUT2D eigenvalue weighted by molar-refractivity contribution is 6.23. The zero-order valence-electron chi connectivity index (χ0n) is 53.4. The summed E-state index contributed by atoms with van der Waals surface area (Å²) in [6.07, 6.45) is 3.95. The zero-order valence-corrected chi connectivity index (χ0v) is 53.4. The highest BCUT2D eigenvalue weighted by Crippen LogP contribution is 2.45. The van der Waals surface area contributed by atoms with Gasteiger partial charge in [0, 0.05) is 114 Å². The third kappa shape index (κ3) is 11.2. The summed E-state index contributed by atoms with van der Waals surface area (Å²) in [6, 6.07) is 128. The first-order valence-electron chi connectivity index (χ1n) is 33.0. The van der Waals surface area contributed by atoms with Crippen LogP contribution in [0.2, 0.25) is 0 Å². The van der Waals surface area contributed by atoms with Gasteiger partial charge < -0.3 is 19.6 Å². The van der Waals surface area contributed by atoms with Crippen LogP contribution in [0.15, 0.2) is 376 Å². The first-order chi connectivity index (χ1) is 48.6. The quantitative estimate of drug-likeness (QED) is 0.0700. The first kappa shape index (κ1) is 58.5. The van der Waals surface area contributed by atoms with Gasteiger partial charge in [-0.15, -0.1) is 0 Å². The summed E-state index contributed by atoms with van der Waals surface area (Å²) in [4.78, 5) is 31.9. The summed E-state index contributed by atoms with van der Waals surface area (Å²) >= 11 is 0. The van der Waals surface area contributed by atoms with Crippen molar-refractivity contribution in [3.63, 3.8) is 0 Å². The summed E-state index contributed by atoms with van der Waals surface area (Å²) < 4.78 is 0. The van der Waals surface area contributed by atoms with E-state index in [1.54, 1.807) is 0 Å². The highest BCUT2D eigenvalue weighted by Gasteiger charge is 2.23. The lowest BCUT2D eigenvalue weighted by Crippen LogP contribution is -2.09. The van der Waals surface area contributed by atoms with Crippen molar-refractivity contribution >= 4 is 112 Å². The maximum Gasteiger partial charge on any atom is 0.0996 e. The summed E-state index contributed by atoms with van der Waals surface area (Å²) in [5.41, 5.74) is 25.0. The van der Waals surface area contributed by atoms with Gasteiger partial charge >= 0.3 is 0 Å². The standard InChI is InChI=1S/C90H62N8/c1-9-25-69(26-10-1)95(70-27-11-2-12-28-70)77-49-41-63(42-50-77)67-59-83-85(91-61-67)86-84(60-68(62-92-86)64-43-51-78(52-44-64)96(71-29-13-3-14-30-71)72-31-15-4-16-32-72)90-89(83)93-87-81(65-45-53-79(54-46-65)97(73-33-17-5-18-34-73)74-35-19-6-20-36-74)57-58-82(88(87)94-90)66-47-55-80(56-48-66)98(75-37-21-7-22-38-75)76-39-23-8-24-40-76/h1-62H. The topological polar surface area (TPSA) is 64.5 Å². The van der Waals surface area contributed by atoms with E-state index in [0.29, 0.717) is 0 Å². The Balaban J connectivity index is 0.866. The fourth-order valence-corrected chi connectivity index (χ4v) is 13.6. The lowest BCUT2D eigenvalue weighted by atomic mass is 9.95. The van der Waals surface area contributed by atoms with Gasteiger partial charge in [0.2, 0.25) is 0 Å². The molecule has 8 nitrogen and oxygen atoms in total. The largest absolute Gasteiger partial charge is 0.311 e. The molecule has 0 spiro atoms. The van der Waals surface area contributed by atoms with Gasteiger partial charge in [-0.1, -0.05) is 206 Å². The van der Waals surface area contributed by atoms with Crippen molar-refractivity contribution in [1.82, 2.24) is 19.9 Å². The Morgan fingerprint density at radius 1 is 0.163 bits per heavy atom. The molecule has 0 atom stereocenters. The molecule has 98 heavy (non-hydrogen) atoms. The molecule has 0 amide bonds. The number of aromatic nitrogens is 4. The van der Waals surface area contributed by atoms with E-state index in [4.69, 9.17) is 19.9 Å². The van der Waals surface area contributed by atoms with E-state index in [2.05, 4.69) is 384 Å². The number of nitrogens with zero attached hydrogens (tertiary/aromatic N) is 8. The van der Waals surface area contributed by atoms with Crippen LogP contribution in [0.3, 0.4) is 0 Å². The average Bonchev–Trinajstić information content (AvgIpc) is 0.719. The normalized spacial score (nSPS) is 11.3. The molecule has 3 aromatic heterocycles. The monoisotopic (exact) mass is 1250 g/mol. The molecule has 17 aromatic rings. The molecular formula is C90H62N8. The average molecular weight is 1260 g/mol. The smallest absolute Gasteiger partial charge is 0.0996 e. The maximum atomic E-state index is 5.97. The molecule has 0 saturated carbocycles. The third-order valence-corrected chi connectivity index (χ3v) is 18.2. The van der Waals surface area contributed by atoms with E-state index in [1.165, 1.54) is 0 Å². The highest BCUT2D eigenvalue weighted by atomic mass is 15.2. The minimum atomic E-state index is 0.729. The van der Waals surface area contributed by atoms with Crippen LogP contribution in [-0.4, -0.2) is 19.9 Å².